The Balaban J connectivity index is 1.90. The molecule has 0 heterocycles. The van der Waals surface area contributed by atoms with Crippen LogP contribution in [0.25, 0.3) is 0 Å². The van der Waals surface area contributed by atoms with E-state index >= 15 is 0 Å². The summed E-state index contributed by atoms with van der Waals surface area (Å²) in [5, 5.41) is 2.86. The molecule has 4 nitrogen and oxygen atoms in total. The summed E-state index contributed by atoms with van der Waals surface area (Å²) in [5.74, 6) is -0.252. The average molecular weight is 429 g/mol. The van der Waals surface area contributed by atoms with Crippen molar-refractivity contribution in [2.45, 2.75) is 45.7 Å². The Bertz CT molecular complexity index is 961. The molecule has 0 aliphatic rings. The first-order valence-electron chi connectivity index (χ1n) is 11.2. The van der Waals surface area contributed by atoms with Crippen molar-refractivity contribution in [2.75, 3.05) is 6.54 Å². The SMILES string of the molecule is CCNC(=O)C(C)N(Cc1ccc(C)cc1)C(=O)CC(c1ccccc1)c1ccccc1. The van der Waals surface area contributed by atoms with Gasteiger partial charge in [0.1, 0.15) is 6.04 Å². The fourth-order valence-electron chi connectivity index (χ4n) is 3.89. The lowest BCUT2D eigenvalue weighted by molar-refractivity contribution is -0.140. The van der Waals surface area contributed by atoms with Crippen molar-refractivity contribution in [3.8, 4) is 0 Å². The first-order valence-corrected chi connectivity index (χ1v) is 11.2. The van der Waals surface area contributed by atoms with Gasteiger partial charge >= 0.3 is 0 Å². The molecule has 3 aromatic carbocycles. The van der Waals surface area contributed by atoms with Gasteiger partial charge in [-0.3, -0.25) is 9.59 Å². The standard InChI is InChI=1S/C28H32N2O2/c1-4-29-28(32)22(3)30(20-23-17-15-21(2)16-18-23)27(31)19-26(24-11-7-5-8-12-24)25-13-9-6-10-14-25/h5-18,22,26H,4,19-20H2,1-3H3,(H,29,32). The molecule has 2 amide bonds. The van der Waals surface area contributed by atoms with Gasteiger partial charge in [0, 0.05) is 25.4 Å². The Morgan fingerprint density at radius 1 is 0.844 bits per heavy atom. The van der Waals surface area contributed by atoms with E-state index in [0.29, 0.717) is 19.5 Å². The van der Waals surface area contributed by atoms with Crippen LogP contribution in [0.4, 0.5) is 0 Å². The second kappa shape index (κ2) is 11.3. The Hall–Kier alpha value is -3.40. The minimum atomic E-state index is -0.559. The first-order chi connectivity index (χ1) is 15.5. The highest BCUT2D eigenvalue weighted by molar-refractivity contribution is 5.87. The molecule has 0 aromatic heterocycles. The summed E-state index contributed by atoms with van der Waals surface area (Å²) in [4.78, 5) is 28.0. The van der Waals surface area contributed by atoms with Crippen LogP contribution >= 0.6 is 0 Å². The molecule has 1 atom stereocenters. The maximum atomic E-state index is 13.7. The van der Waals surface area contributed by atoms with Crippen LogP contribution in [-0.2, 0) is 16.1 Å². The molecule has 32 heavy (non-hydrogen) atoms. The Morgan fingerprint density at radius 3 is 1.88 bits per heavy atom. The van der Waals surface area contributed by atoms with Crippen LogP contribution in [0.1, 0.15) is 48.4 Å². The molecule has 0 aliphatic heterocycles. The van der Waals surface area contributed by atoms with Crippen LogP contribution in [0.5, 0.6) is 0 Å². The van der Waals surface area contributed by atoms with Gasteiger partial charge in [-0.15, -0.1) is 0 Å². The summed E-state index contributed by atoms with van der Waals surface area (Å²) in [7, 11) is 0. The van der Waals surface area contributed by atoms with Crippen molar-refractivity contribution in [1.29, 1.82) is 0 Å². The predicted octanol–water partition coefficient (Wildman–Crippen LogP) is 5.07. The molecule has 0 radical (unpaired) electrons. The quantitative estimate of drug-likeness (QED) is 0.517. The largest absolute Gasteiger partial charge is 0.355 e. The van der Waals surface area contributed by atoms with Crippen LogP contribution < -0.4 is 5.32 Å². The summed E-state index contributed by atoms with van der Waals surface area (Å²) < 4.78 is 0. The third kappa shape index (κ3) is 6.07. The van der Waals surface area contributed by atoms with E-state index in [1.54, 1.807) is 11.8 Å². The van der Waals surface area contributed by atoms with Gasteiger partial charge in [-0.1, -0.05) is 90.5 Å². The number of rotatable bonds is 9. The average Bonchev–Trinajstić information content (AvgIpc) is 2.83. The molecule has 0 spiro atoms. The third-order valence-corrected chi connectivity index (χ3v) is 5.77. The van der Waals surface area contributed by atoms with Crippen molar-refractivity contribution >= 4 is 11.8 Å². The van der Waals surface area contributed by atoms with Gasteiger partial charge in [0.25, 0.3) is 0 Å². The van der Waals surface area contributed by atoms with Crippen molar-refractivity contribution in [3.05, 3.63) is 107 Å². The Labute approximate surface area is 191 Å². The molecular weight excluding hydrogens is 396 g/mol. The van der Waals surface area contributed by atoms with Gasteiger partial charge in [0.2, 0.25) is 11.8 Å². The van der Waals surface area contributed by atoms with Crippen LogP contribution in [-0.4, -0.2) is 29.3 Å². The number of amides is 2. The number of likely N-dealkylation sites (N-methyl/N-ethyl adjacent to an activating group) is 1. The van der Waals surface area contributed by atoms with Crippen molar-refractivity contribution in [2.24, 2.45) is 0 Å². The van der Waals surface area contributed by atoms with Gasteiger partial charge < -0.3 is 10.2 Å². The summed E-state index contributed by atoms with van der Waals surface area (Å²) in [6.07, 6.45) is 0.295. The lowest BCUT2D eigenvalue weighted by Crippen LogP contribution is -2.47. The summed E-state index contributed by atoms with van der Waals surface area (Å²) in [5.41, 5.74) is 4.36. The lowest BCUT2D eigenvalue weighted by Gasteiger charge is -2.30. The van der Waals surface area contributed by atoms with E-state index in [-0.39, 0.29) is 17.7 Å². The molecular formula is C28H32N2O2. The van der Waals surface area contributed by atoms with Crippen molar-refractivity contribution in [3.63, 3.8) is 0 Å². The van der Waals surface area contributed by atoms with E-state index in [1.807, 2.05) is 74.5 Å². The van der Waals surface area contributed by atoms with Crippen molar-refractivity contribution in [1.82, 2.24) is 10.2 Å². The number of aryl methyl sites for hydroxylation is 1. The maximum absolute atomic E-state index is 13.7. The van der Waals surface area contributed by atoms with Gasteiger partial charge in [-0.25, -0.2) is 0 Å². The number of hydrogen-bond acceptors (Lipinski definition) is 2. The number of benzene rings is 3. The molecule has 4 heteroatoms. The van der Waals surface area contributed by atoms with E-state index < -0.39 is 6.04 Å². The van der Waals surface area contributed by atoms with Crippen molar-refractivity contribution < 1.29 is 9.59 Å². The Morgan fingerprint density at radius 2 is 1.38 bits per heavy atom. The third-order valence-electron chi connectivity index (χ3n) is 5.77. The van der Waals surface area contributed by atoms with E-state index in [4.69, 9.17) is 0 Å². The molecule has 0 bridgehead atoms. The van der Waals surface area contributed by atoms with Gasteiger partial charge in [-0.2, -0.15) is 0 Å². The van der Waals surface area contributed by atoms with Crippen LogP contribution in [0.15, 0.2) is 84.9 Å². The molecule has 0 fully saturated rings. The fourth-order valence-corrected chi connectivity index (χ4v) is 3.89. The zero-order valence-electron chi connectivity index (χ0n) is 19.1. The van der Waals surface area contributed by atoms with E-state index in [0.717, 1.165) is 22.3 Å². The highest BCUT2D eigenvalue weighted by Crippen LogP contribution is 2.29. The minimum absolute atomic E-state index is 0.0398. The molecule has 3 rings (SSSR count). The summed E-state index contributed by atoms with van der Waals surface area (Å²) >= 11 is 0. The summed E-state index contributed by atoms with van der Waals surface area (Å²) in [6, 6.07) is 27.7. The molecule has 1 N–H and O–H groups in total. The van der Waals surface area contributed by atoms with Gasteiger partial charge in [0.05, 0.1) is 0 Å². The van der Waals surface area contributed by atoms with Gasteiger partial charge in [0.15, 0.2) is 0 Å². The Kier molecular flexibility index (Phi) is 8.20. The van der Waals surface area contributed by atoms with E-state index in [1.165, 1.54) is 0 Å². The highest BCUT2D eigenvalue weighted by Gasteiger charge is 2.28. The number of carbonyl (C=O) groups excluding carboxylic acids is 2. The number of hydrogen-bond donors (Lipinski definition) is 1. The van der Waals surface area contributed by atoms with E-state index in [9.17, 15) is 9.59 Å². The first kappa shape index (κ1) is 23.3. The molecule has 166 valence electrons. The highest BCUT2D eigenvalue weighted by atomic mass is 16.2. The molecule has 0 aliphatic carbocycles. The smallest absolute Gasteiger partial charge is 0.242 e. The molecule has 0 saturated carbocycles. The molecule has 1 unspecified atom stereocenters. The zero-order chi connectivity index (χ0) is 22.9. The normalized spacial score (nSPS) is 11.8. The van der Waals surface area contributed by atoms with Crippen LogP contribution in [0.3, 0.4) is 0 Å². The number of nitrogens with zero attached hydrogens (tertiary/aromatic N) is 1. The fraction of sp³-hybridized carbons (Fsp3) is 0.286. The second-order valence-electron chi connectivity index (χ2n) is 8.16. The number of carbonyl (C=O) groups is 2. The van der Waals surface area contributed by atoms with Gasteiger partial charge in [-0.05, 0) is 37.5 Å². The lowest BCUT2D eigenvalue weighted by atomic mass is 9.88. The molecule has 0 saturated heterocycles. The molecule has 3 aromatic rings. The minimum Gasteiger partial charge on any atom is -0.355 e. The van der Waals surface area contributed by atoms with Crippen LogP contribution in [0, 0.1) is 6.92 Å². The maximum Gasteiger partial charge on any atom is 0.242 e. The topological polar surface area (TPSA) is 49.4 Å². The second-order valence-corrected chi connectivity index (χ2v) is 8.16. The van der Waals surface area contributed by atoms with E-state index in [2.05, 4.69) is 29.6 Å². The monoisotopic (exact) mass is 428 g/mol. The number of nitrogens with one attached hydrogen (secondary N) is 1. The summed E-state index contributed by atoms with van der Waals surface area (Å²) in [6.45, 7) is 6.66. The predicted molar refractivity (Wildman–Crippen MR) is 129 cm³/mol. The van der Waals surface area contributed by atoms with Crippen LogP contribution in [0.2, 0.25) is 0 Å². The zero-order valence-corrected chi connectivity index (χ0v) is 19.1.